The molecule has 0 aliphatic rings. The van der Waals surface area contributed by atoms with Gasteiger partial charge in [0.2, 0.25) is 0 Å². The molecule has 1 unspecified atom stereocenters. The van der Waals surface area contributed by atoms with Gasteiger partial charge >= 0.3 is 0 Å². The summed E-state index contributed by atoms with van der Waals surface area (Å²) in [6.07, 6.45) is 20.6. The van der Waals surface area contributed by atoms with E-state index in [9.17, 15) is 8.78 Å². The quantitative estimate of drug-likeness (QED) is 0.174. The third-order valence-corrected chi connectivity index (χ3v) is 6.52. The first-order valence-corrected chi connectivity index (χ1v) is 14.0. The Kier molecular flexibility index (Phi) is 15.2. The van der Waals surface area contributed by atoms with Gasteiger partial charge in [-0.1, -0.05) is 90.9 Å². The Morgan fingerprint density at radius 2 is 1.37 bits per heavy atom. The molecule has 1 aromatic carbocycles. The van der Waals surface area contributed by atoms with E-state index in [0.29, 0.717) is 17.8 Å². The third kappa shape index (κ3) is 12.5. The smallest absolute Gasteiger partial charge is 0.165 e. The van der Waals surface area contributed by atoms with Crippen LogP contribution in [0.15, 0.2) is 30.6 Å². The molecule has 35 heavy (non-hydrogen) atoms. The minimum atomic E-state index is -0.892. The second kappa shape index (κ2) is 18.3. The zero-order chi connectivity index (χ0) is 25.1. The summed E-state index contributed by atoms with van der Waals surface area (Å²) in [7, 11) is 0. The van der Waals surface area contributed by atoms with E-state index in [0.717, 1.165) is 44.1 Å². The molecule has 1 heterocycles. The van der Waals surface area contributed by atoms with Crippen molar-refractivity contribution in [2.45, 2.75) is 123 Å². The maximum atomic E-state index is 14.5. The Morgan fingerprint density at radius 3 is 2.00 bits per heavy atom. The van der Waals surface area contributed by atoms with Crippen LogP contribution in [0, 0.1) is 5.82 Å². The minimum absolute atomic E-state index is 0.147. The van der Waals surface area contributed by atoms with Gasteiger partial charge in [-0.05, 0) is 43.0 Å². The predicted octanol–water partition coefficient (Wildman–Crippen LogP) is 9.43. The van der Waals surface area contributed by atoms with Crippen LogP contribution in [0.25, 0.3) is 11.4 Å². The lowest BCUT2D eigenvalue weighted by atomic mass is 10.1. The zero-order valence-corrected chi connectivity index (χ0v) is 22.0. The molecule has 0 radical (unpaired) electrons. The van der Waals surface area contributed by atoms with Crippen LogP contribution in [-0.2, 0) is 6.42 Å². The number of aryl methyl sites for hydroxylation is 1. The predicted molar refractivity (Wildman–Crippen MR) is 142 cm³/mol. The van der Waals surface area contributed by atoms with Crippen molar-refractivity contribution in [1.82, 2.24) is 9.97 Å². The van der Waals surface area contributed by atoms with Crippen LogP contribution in [0.1, 0.15) is 116 Å². The summed E-state index contributed by atoms with van der Waals surface area (Å²) in [5.74, 6) is 0.180. The van der Waals surface area contributed by atoms with Crippen LogP contribution >= 0.6 is 0 Å². The monoisotopic (exact) mass is 488 g/mol. The fraction of sp³-hybridized carbons (Fsp3) is 0.667. The first-order valence-electron chi connectivity index (χ1n) is 14.0. The highest BCUT2D eigenvalue weighted by Crippen LogP contribution is 2.24. The lowest BCUT2D eigenvalue weighted by molar-refractivity contribution is 0.217. The van der Waals surface area contributed by atoms with E-state index in [2.05, 4.69) is 23.8 Å². The molecule has 0 aliphatic heterocycles. The van der Waals surface area contributed by atoms with Crippen LogP contribution in [-0.4, -0.2) is 22.7 Å². The molecule has 0 fully saturated rings. The number of benzene rings is 1. The summed E-state index contributed by atoms with van der Waals surface area (Å²) >= 11 is 0. The summed E-state index contributed by atoms with van der Waals surface area (Å²) in [6, 6.07) is 4.73. The molecule has 0 bridgehead atoms. The maximum absolute atomic E-state index is 14.5. The van der Waals surface area contributed by atoms with Crippen LogP contribution in [0.5, 0.6) is 5.75 Å². The SMILES string of the molecule is CCCCCCCCCCCc1cnc(-c2ccc(OCCC(F)CCCCCC)c(F)c2)nc1. The largest absolute Gasteiger partial charge is 0.490 e. The number of rotatable bonds is 20. The van der Waals surface area contributed by atoms with Crippen molar-refractivity contribution in [3.63, 3.8) is 0 Å². The van der Waals surface area contributed by atoms with Gasteiger partial charge in [-0.3, -0.25) is 0 Å². The van der Waals surface area contributed by atoms with Crippen molar-refractivity contribution >= 4 is 0 Å². The van der Waals surface area contributed by atoms with Crippen LogP contribution in [0.2, 0.25) is 0 Å². The van der Waals surface area contributed by atoms with E-state index >= 15 is 0 Å². The van der Waals surface area contributed by atoms with Crippen molar-refractivity contribution in [3.8, 4) is 17.1 Å². The molecule has 0 saturated carbocycles. The molecule has 0 spiro atoms. The molecule has 5 heteroatoms. The van der Waals surface area contributed by atoms with Gasteiger partial charge in [-0.25, -0.2) is 18.7 Å². The number of hydrogen-bond acceptors (Lipinski definition) is 3. The van der Waals surface area contributed by atoms with Gasteiger partial charge in [0.1, 0.15) is 6.17 Å². The summed E-state index contributed by atoms with van der Waals surface area (Å²) in [5.41, 5.74) is 1.73. The molecule has 2 aromatic rings. The molecule has 196 valence electrons. The summed E-state index contributed by atoms with van der Waals surface area (Å²) in [4.78, 5) is 8.87. The molecular formula is C30H46F2N2O. The summed E-state index contributed by atoms with van der Waals surface area (Å²) in [6.45, 7) is 4.57. The maximum Gasteiger partial charge on any atom is 0.165 e. The number of ether oxygens (including phenoxy) is 1. The number of nitrogens with zero attached hydrogens (tertiary/aromatic N) is 2. The highest BCUT2D eigenvalue weighted by molar-refractivity contribution is 5.56. The topological polar surface area (TPSA) is 35.0 Å². The van der Waals surface area contributed by atoms with Crippen LogP contribution in [0.3, 0.4) is 0 Å². The Labute approximate surface area is 212 Å². The van der Waals surface area contributed by atoms with E-state index in [1.165, 1.54) is 57.4 Å². The van der Waals surface area contributed by atoms with Gasteiger partial charge < -0.3 is 4.74 Å². The van der Waals surface area contributed by atoms with Gasteiger partial charge in [0, 0.05) is 24.4 Å². The lowest BCUT2D eigenvalue weighted by Gasteiger charge is -2.11. The summed E-state index contributed by atoms with van der Waals surface area (Å²) < 4.78 is 33.9. The first kappa shape index (κ1) is 29.2. The fourth-order valence-electron chi connectivity index (χ4n) is 4.26. The number of aromatic nitrogens is 2. The van der Waals surface area contributed by atoms with E-state index in [1.54, 1.807) is 12.1 Å². The van der Waals surface area contributed by atoms with Crippen molar-refractivity contribution < 1.29 is 13.5 Å². The van der Waals surface area contributed by atoms with Gasteiger partial charge in [-0.2, -0.15) is 0 Å². The zero-order valence-electron chi connectivity index (χ0n) is 22.0. The molecular weight excluding hydrogens is 442 g/mol. The normalized spacial score (nSPS) is 12.1. The van der Waals surface area contributed by atoms with E-state index in [-0.39, 0.29) is 18.8 Å². The van der Waals surface area contributed by atoms with Gasteiger partial charge in [0.15, 0.2) is 17.4 Å². The Bertz CT molecular complexity index is 797. The molecule has 2 rings (SSSR count). The molecule has 3 nitrogen and oxygen atoms in total. The molecule has 0 N–H and O–H groups in total. The third-order valence-electron chi connectivity index (χ3n) is 6.52. The average Bonchev–Trinajstić information content (AvgIpc) is 2.87. The number of alkyl halides is 1. The second-order valence-corrected chi connectivity index (χ2v) is 9.72. The van der Waals surface area contributed by atoms with Crippen molar-refractivity contribution in [1.29, 1.82) is 0 Å². The number of unbranched alkanes of at least 4 members (excludes halogenated alkanes) is 11. The van der Waals surface area contributed by atoms with Gasteiger partial charge in [-0.15, -0.1) is 0 Å². The Morgan fingerprint density at radius 1 is 0.771 bits per heavy atom. The van der Waals surface area contributed by atoms with E-state index in [4.69, 9.17) is 4.74 Å². The number of halogens is 2. The van der Waals surface area contributed by atoms with E-state index in [1.807, 2.05) is 12.4 Å². The second-order valence-electron chi connectivity index (χ2n) is 9.72. The van der Waals surface area contributed by atoms with Crippen LogP contribution < -0.4 is 4.74 Å². The van der Waals surface area contributed by atoms with Crippen LogP contribution in [0.4, 0.5) is 8.78 Å². The lowest BCUT2D eigenvalue weighted by Crippen LogP contribution is -2.08. The Hall–Kier alpha value is -2.04. The Balaban J connectivity index is 1.68. The average molecular weight is 489 g/mol. The van der Waals surface area contributed by atoms with Crippen molar-refractivity contribution in [3.05, 3.63) is 42.0 Å². The molecule has 0 aliphatic carbocycles. The highest BCUT2D eigenvalue weighted by Gasteiger charge is 2.11. The summed E-state index contributed by atoms with van der Waals surface area (Å²) in [5, 5.41) is 0. The molecule has 0 saturated heterocycles. The molecule has 1 atom stereocenters. The first-order chi connectivity index (χ1) is 17.1. The van der Waals surface area contributed by atoms with E-state index < -0.39 is 12.0 Å². The highest BCUT2D eigenvalue weighted by atomic mass is 19.1. The minimum Gasteiger partial charge on any atom is -0.490 e. The van der Waals surface area contributed by atoms with Crippen molar-refractivity contribution in [2.24, 2.45) is 0 Å². The van der Waals surface area contributed by atoms with Crippen molar-refractivity contribution in [2.75, 3.05) is 6.61 Å². The van der Waals surface area contributed by atoms with Gasteiger partial charge in [0.25, 0.3) is 0 Å². The molecule has 1 aromatic heterocycles. The fourth-order valence-corrected chi connectivity index (χ4v) is 4.26. The number of hydrogen-bond donors (Lipinski definition) is 0. The van der Waals surface area contributed by atoms with Gasteiger partial charge in [0.05, 0.1) is 6.61 Å². The molecule has 0 amide bonds. The standard InChI is InChI=1S/C30H46F2N2O/c1-3-5-7-9-10-11-12-13-14-16-25-23-33-30(34-24-25)26-18-19-29(28(32)22-26)35-21-20-27(31)17-15-8-6-4-2/h18-19,22-24,27H,3-17,20-21H2,1-2H3.